The lowest BCUT2D eigenvalue weighted by atomic mass is 10.2. The van der Waals surface area contributed by atoms with Gasteiger partial charge < -0.3 is 15.4 Å². The molecule has 1 aliphatic rings. The van der Waals surface area contributed by atoms with E-state index in [9.17, 15) is 4.79 Å². The van der Waals surface area contributed by atoms with Gasteiger partial charge in [0.25, 0.3) is 0 Å². The van der Waals surface area contributed by atoms with Gasteiger partial charge in [-0.3, -0.25) is 4.79 Å². The van der Waals surface area contributed by atoms with Crippen LogP contribution in [0, 0.1) is 0 Å². The van der Waals surface area contributed by atoms with Gasteiger partial charge in [0.1, 0.15) is 18.4 Å². The Kier molecular flexibility index (Phi) is 2.83. The summed E-state index contributed by atoms with van der Waals surface area (Å²) in [5.41, 5.74) is 6.57. The highest BCUT2D eigenvalue weighted by Crippen LogP contribution is 2.31. The van der Waals surface area contributed by atoms with Crippen LogP contribution >= 0.6 is 0 Å². The van der Waals surface area contributed by atoms with Gasteiger partial charge in [-0.15, -0.1) is 0 Å². The van der Waals surface area contributed by atoms with E-state index in [0.717, 1.165) is 11.4 Å². The number of carbonyl (C=O) groups excluding carboxylic acids is 1. The lowest BCUT2D eigenvalue weighted by Crippen LogP contribution is -2.48. The fourth-order valence-electron chi connectivity index (χ4n) is 1.86. The molecule has 0 unspecified atom stereocenters. The molecule has 0 aliphatic carbocycles. The average molecular weight is 220 g/mol. The van der Waals surface area contributed by atoms with Crippen LogP contribution in [0.4, 0.5) is 5.69 Å². The number of nitrogens with two attached hydrogens (primary N) is 1. The van der Waals surface area contributed by atoms with Crippen molar-refractivity contribution in [1.82, 2.24) is 0 Å². The van der Waals surface area contributed by atoms with Gasteiger partial charge in [-0.2, -0.15) is 0 Å². The zero-order valence-corrected chi connectivity index (χ0v) is 9.51. The van der Waals surface area contributed by atoms with E-state index in [1.807, 2.05) is 38.1 Å². The quantitative estimate of drug-likeness (QED) is 0.772. The number of anilines is 1. The molecule has 0 saturated heterocycles. The first-order valence-electron chi connectivity index (χ1n) is 5.41. The Morgan fingerprint density at radius 1 is 1.44 bits per heavy atom. The molecule has 0 saturated carbocycles. The summed E-state index contributed by atoms with van der Waals surface area (Å²) in [6, 6.07) is 7.00. The first-order valence-corrected chi connectivity index (χ1v) is 5.41. The summed E-state index contributed by atoms with van der Waals surface area (Å²) in [5.74, 6) is 0.637. The Hall–Kier alpha value is -1.55. The molecule has 1 aromatic carbocycles. The van der Waals surface area contributed by atoms with Crippen molar-refractivity contribution in [2.24, 2.45) is 5.73 Å². The number of ether oxygens (including phenoxy) is 1. The molecule has 16 heavy (non-hydrogen) atoms. The van der Waals surface area contributed by atoms with Crippen molar-refractivity contribution in [3.05, 3.63) is 24.3 Å². The number of para-hydroxylation sites is 2. The van der Waals surface area contributed by atoms with Gasteiger partial charge in [-0.1, -0.05) is 12.1 Å². The summed E-state index contributed by atoms with van der Waals surface area (Å²) < 4.78 is 5.52. The van der Waals surface area contributed by atoms with E-state index < -0.39 is 6.04 Å². The Bertz CT molecular complexity index is 404. The average Bonchev–Trinajstić information content (AvgIpc) is 2.38. The topological polar surface area (TPSA) is 55.6 Å². The molecule has 0 bridgehead atoms. The second kappa shape index (κ2) is 4.14. The van der Waals surface area contributed by atoms with Crippen molar-refractivity contribution < 1.29 is 9.53 Å². The standard InChI is InChI=1S/C12H16N2O2/c1-8(2)14-10-5-3-4-6-11(10)16-7-9(13)12(14)15/h3-6,8-9H,7,13H2,1-2H3/t9-/m0/s1. The van der Waals surface area contributed by atoms with Gasteiger partial charge in [-0.25, -0.2) is 0 Å². The van der Waals surface area contributed by atoms with E-state index in [2.05, 4.69) is 0 Å². The van der Waals surface area contributed by atoms with Gasteiger partial charge in [-0.05, 0) is 26.0 Å². The van der Waals surface area contributed by atoms with Crippen molar-refractivity contribution >= 4 is 11.6 Å². The third kappa shape index (κ3) is 1.76. The summed E-state index contributed by atoms with van der Waals surface area (Å²) >= 11 is 0. The summed E-state index contributed by atoms with van der Waals surface area (Å²) in [6.45, 7) is 4.17. The van der Waals surface area contributed by atoms with Crippen LogP contribution in [-0.2, 0) is 4.79 Å². The highest BCUT2D eigenvalue weighted by Gasteiger charge is 2.30. The fraction of sp³-hybridized carbons (Fsp3) is 0.417. The maximum absolute atomic E-state index is 12.1. The summed E-state index contributed by atoms with van der Waals surface area (Å²) in [7, 11) is 0. The lowest BCUT2D eigenvalue weighted by molar-refractivity contribution is -0.120. The molecule has 2 N–H and O–H groups in total. The van der Waals surface area contributed by atoms with Gasteiger partial charge >= 0.3 is 0 Å². The fourth-order valence-corrected chi connectivity index (χ4v) is 1.86. The molecular formula is C12H16N2O2. The number of rotatable bonds is 1. The van der Waals surface area contributed by atoms with E-state index in [1.165, 1.54) is 0 Å². The molecule has 1 amide bonds. The zero-order valence-electron chi connectivity index (χ0n) is 9.51. The number of hydrogen-bond donors (Lipinski definition) is 1. The number of fused-ring (bicyclic) bond motifs is 1. The van der Waals surface area contributed by atoms with Crippen molar-refractivity contribution in [3.63, 3.8) is 0 Å². The van der Waals surface area contributed by atoms with E-state index in [4.69, 9.17) is 10.5 Å². The maximum atomic E-state index is 12.1. The molecule has 0 radical (unpaired) electrons. The van der Waals surface area contributed by atoms with E-state index >= 15 is 0 Å². The second-order valence-corrected chi connectivity index (χ2v) is 4.19. The van der Waals surface area contributed by atoms with E-state index in [1.54, 1.807) is 4.90 Å². The van der Waals surface area contributed by atoms with Gasteiger partial charge in [0.15, 0.2) is 0 Å². The Balaban J connectivity index is 2.49. The lowest BCUT2D eigenvalue weighted by Gasteiger charge is -2.27. The van der Waals surface area contributed by atoms with Gasteiger partial charge in [0.05, 0.1) is 5.69 Å². The molecule has 0 aromatic heterocycles. The summed E-state index contributed by atoms with van der Waals surface area (Å²) in [5, 5.41) is 0. The summed E-state index contributed by atoms with van der Waals surface area (Å²) in [4.78, 5) is 13.8. The van der Waals surface area contributed by atoms with Crippen LogP contribution in [0.3, 0.4) is 0 Å². The maximum Gasteiger partial charge on any atom is 0.247 e. The first kappa shape index (κ1) is 11.0. The van der Waals surface area contributed by atoms with E-state index in [-0.39, 0.29) is 18.6 Å². The number of benzene rings is 1. The molecule has 0 fully saturated rings. The van der Waals surface area contributed by atoms with Crippen LogP contribution < -0.4 is 15.4 Å². The van der Waals surface area contributed by atoms with Crippen LogP contribution in [0.15, 0.2) is 24.3 Å². The van der Waals surface area contributed by atoms with Crippen LogP contribution in [0.25, 0.3) is 0 Å². The predicted octanol–water partition coefficient (Wildman–Crippen LogP) is 1.15. The number of hydrogen-bond acceptors (Lipinski definition) is 3. The van der Waals surface area contributed by atoms with Crippen molar-refractivity contribution in [2.75, 3.05) is 11.5 Å². The Labute approximate surface area is 95.0 Å². The van der Waals surface area contributed by atoms with Gasteiger partial charge in [0.2, 0.25) is 5.91 Å². The molecule has 1 atom stereocenters. The normalized spacial score (nSPS) is 20.4. The number of carbonyl (C=O) groups is 1. The van der Waals surface area contributed by atoms with Crippen molar-refractivity contribution in [1.29, 1.82) is 0 Å². The van der Waals surface area contributed by atoms with Crippen LogP contribution in [-0.4, -0.2) is 24.6 Å². The smallest absolute Gasteiger partial charge is 0.247 e. The van der Waals surface area contributed by atoms with Crippen molar-refractivity contribution in [3.8, 4) is 5.75 Å². The highest BCUT2D eigenvalue weighted by atomic mass is 16.5. The van der Waals surface area contributed by atoms with Crippen LogP contribution in [0.5, 0.6) is 5.75 Å². The van der Waals surface area contributed by atoms with Crippen LogP contribution in [0.1, 0.15) is 13.8 Å². The van der Waals surface area contributed by atoms with Crippen LogP contribution in [0.2, 0.25) is 0 Å². The Morgan fingerprint density at radius 2 is 2.12 bits per heavy atom. The number of amides is 1. The molecule has 0 spiro atoms. The molecule has 2 rings (SSSR count). The van der Waals surface area contributed by atoms with Crippen molar-refractivity contribution in [2.45, 2.75) is 25.9 Å². The van der Waals surface area contributed by atoms with Gasteiger partial charge in [0, 0.05) is 6.04 Å². The minimum Gasteiger partial charge on any atom is -0.489 e. The molecule has 4 nitrogen and oxygen atoms in total. The van der Waals surface area contributed by atoms with E-state index in [0.29, 0.717) is 0 Å². The zero-order chi connectivity index (χ0) is 11.7. The molecule has 1 aromatic rings. The third-order valence-electron chi connectivity index (χ3n) is 2.61. The minimum atomic E-state index is -0.588. The molecule has 1 heterocycles. The molecule has 1 aliphatic heterocycles. The Morgan fingerprint density at radius 3 is 2.81 bits per heavy atom. The minimum absolute atomic E-state index is 0.0707. The number of nitrogens with zero attached hydrogens (tertiary/aromatic N) is 1. The third-order valence-corrected chi connectivity index (χ3v) is 2.61. The largest absolute Gasteiger partial charge is 0.489 e. The molecule has 4 heteroatoms. The SMILES string of the molecule is CC(C)N1C(=O)[C@@H](N)COc2ccccc21. The highest BCUT2D eigenvalue weighted by molar-refractivity contribution is 5.99. The second-order valence-electron chi connectivity index (χ2n) is 4.19. The monoisotopic (exact) mass is 220 g/mol. The molecule has 86 valence electrons. The summed E-state index contributed by atoms with van der Waals surface area (Å²) in [6.07, 6.45) is 0. The molecular weight excluding hydrogens is 204 g/mol. The first-order chi connectivity index (χ1) is 7.61. The predicted molar refractivity (Wildman–Crippen MR) is 62.5 cm³/mol.